The first kappa shape index (κ1) is 10.8. The second kappa shape index (κ2) is 4.20. The third kappa shape index (κ3) is 2.02. The number of benzene rings is 1. The first-order valence-electron chi connectivity index (χ1n) is 6.29. The molecule has 0 amide bonds. The first-order chi connectivity index (χ1) is 9.47. The van der Waals surface area contributed by atoms with Gasteiger partial charge in [0.15, 0.2) is 5.58 Å². The quantitative estimate of drug-likeness (QED) is 0.722. The van der Waals surface area contributed by atoms with E-state index in [0.717, 1.165) is 12.1 Å². The molecule has 0 saturated heterocycles. The van der Waals surface area contributed by atoms with Crippen molar-refractivity contribution in [3.8, 4) is 0 Å². The number of furan rings is 1. The number of hydrogen-bond acceptors (Lipinski definition) is 4. The molecular weight excluding hydrogens is 251 g/mol. The van der Waals surface area contributed by atoms with E-state index in [9.17, 15) is 14.3 Å². The lowest BCUT2D eigenvalue weighted by atomic mass is 10.1. The van der Waals surface area contributed by atoms with Crippen LogP contribution in [0, 0.1) is 5.82 Å². The van der Waals surface area contributed by atoms with Gasteiger partial charge in [-0.3, -0.25) is 0 Å². The highest BCUT2D eigenvalue weighted by molar-refractivity contribution is 6.02. The maximum Gasteiger partial charge on any atom is 0.336 e. The molecule has 3 aromatic rings. The van der Waals surface area contributed by atoms with Gasteiger partial charge in [0, 0.05) is 18.6 Å². The van der Waals surface area contributed by atoms with Crippen LogP contribution in [0.5, 0.6) is 0 Å². The number of aliphatic hydroxyl groups is 1. The van der Waals surface area contributed by atoms with E-state index in [-0.39, 0.29) is 40.2 Å². The summed E-state index contributed by atoms with van der Waals surface area (Å²) in [6.07, 6.45) is -0.559. The van der Waals surface area contributed by atoms with Crippen molar-refractivity contribution in [2.75, 3.05) is 0 Å². The maximum absolute atomic E-state index is 13.9. The summed E-state index contributed by atoms with van der Waals surface area (Å²) in [4.78, 5) is 11.3. The van der Waals surface area contributed by atoms with Crippen molar-refractivity contribution in [1.29, 1.82) is 0 Å². The minimum absolute atomic E-state index is 0.000231. The SMILES string of the molecule is [2H]c1c(CC(C)O)oc2cc(F)c3ccc(=O)oc3c12. The fourth-order valence-electron chi connectivity index (χ4n) is 2.02. The van der Waals surface area contributed by atoms with Crippen molar-refractivity contribution in [3.63, 3.8) is 0 Å². The van der Waals surface area contributed by atoms with Gasteiger partial charge in [-0.25, -0.2) is 9.18 Å². The van der Waals surface area contributed by atoms with Gasteiger partial charge in [-0.2, -0.15) is 0 Å². The van der Waals surface area contributed by atoms with Gasteiger partial charge in [0.05, 0.1) is 18.2 Å². The van der Waals surface area contributed by atoms with Crippen molar-refractivity contribution in [2.45, 2.75) is 19.4 Å². The smallest absolute Gasteiger partial charge is 0.336 e. The van der Waals surface area contributed by atoms with Crippen LogP contribution < -0.4 is 5.63 Å². The molecule has 0 aliphatic rings. The Morgan fingerprint density at radius 3 is 2.95 bits per heavy atom. The van der Waals surface area contributed by atoms with Crippen LogP contribution in [0.4, 0.5) is 4.39 Å². The van der Waals surface area contributed by atoms with Gasteiger partial charge >= 0.3 is 5.63 Å². The lowest BCUT2D eigenvalue weighted by Gasteiger charge is -1.98. The summed E-state index contributed by atoms with van der Waals surface area (Å²) in [5.41, 5.74) is -0.495. The van der Waals surface area contributed by atoms with Gasteiger partial charge in [0.1, 0.15) is 17.2 Å². The second-order valence-corrected chi connectivity index (χ2v) is 4.43. The molecule has 0 spiro atoms. The van der Waals surface area contributed by atoms with Gasteiger partial charge in [-0.15, -0.1) is 0 Å². The van der Waals surface area contributed by atoms with Crippen LogP contribution in [0.15, 0.2) is 37.9 Å². The number of halogens is 1. The van der Waals surface area contributed by atoms with Crippen LogP contribution >= 0.6 is 0 Å². The fraction of sp³-hybridized carbons (Fsp3) is 0.214. The summed E-state index contributed by atoms with van der Waals surface area (Å²) in [5, 5.41) is 9.74. The molecule has 1 atom stereocenters. The summed E-state index contributed by atoms with van der Waals surface area (Å²) in [6, 6.07) is 3.59. The number of rotatable bonds is 2. The molecule has 4 nitrogen and oxygen atoms in total. The highest BCUT2D eigenvalue weighted by Gasteiger charge is 2.14. The first-order valence-corrected chi connectivity index (χ1v) is 5.79. The number of fused-ring (bicyclic) bond motifs is 3. The van der Waals surface area contributed by atoms with Crippen LogP contribution in [-0.4, -0.2) is 11.2 Å². The topological polar surface area (TPSA) is 63.6 Å². The zero-order chi connectivity index (χ0) is 14.4. The van der Waals surface area contributed by atoms with E-state index in [4.69, 9.17) is 10.2 Å². The van der Waals surface area contributed by atoms with Crippen molar-refractivity contribution < 1.29 is 19.7 Å². The minimum atomic E-state index is -0.692. The number of aliphatic hydroxyl groups excluding tert-OH is 1. The van der Waals surface area contributed by atoms with Crippen LogP contribution in [0.2, 0.25) is 0 Å². The maximum atomic E-state index is 13.9. The molecule has 1 aromatic carbocycles. The van der Waals surface area contributed by atoms with Gasteiger partial charge in [0.25, 0.3) is 0 Å². The second-order valence-electron chi connectivity index (χ2n) is 4.43. The predicted octanol–water partition coefficient (Wildman–Crippen LogP) is 2.60. The van der Waals surface area contributed by atoms with Crippen LogP contribution in [0.1, 0.15) is 14.1 Å². The molecule has 19 heavy (non-hydrogen) atoms. The Kier molecular flexibility index (Phi) is 2.38. The van der Waals surface area contributed by atoms with E-state index < -0.39 is 17.5 Å². The average Bonchev–Trinajstić information content (AvgIpc) is 2.65. The Morgan fingerprint density at radius 2 is 2.21 bits per heavy atom. The molecule has 0 fully saturated rings. The minimum Gasteiger partial charge on any atom is -0.461 e. The molecule has 1 N–H and O–H groups in total. The Hall–Kier alpha value is -2.14. The molecule has 3 rings (SSSR count). The Balaban J connectivity index is 2.43. The molecule has 5 heteroatoms. The highest BCUT2D eigenvalue weighted by atomic mass is 19.1. The lowest BCUT2D eigenvalue weighted by Crippen LogP contribution is -2.02. The zero-order valence-electron chi connectivity index (χ0n) is 11.1. The summed E-state index contributed by atoms with van der Waals surface area (Å²) >= 11 is 0. The zero-order valence-corrected chi connectivity index (χ0v) is 10.1. The lowest BCUT2D eigenvalue weighted by molar-refractivity contribution is 0.188. The Labute approximate surface area is 108 Å². The van der Waals surface area contributed by atoms with Gasteiger partial charge in [0.2, 0.25) is 0 Å². The van der Waals surface area contributed by atoms with Crippen molar-refractivity contribution in [1.82, 2.24) is 0 Å². The third-order valence-corrected chi connectivity index (χ3v) is 2.80. The monoisotopic (exact) mass is 263 g/mol. The van der Waals surface area contributed by atoms with E-state index in [2.05, 4.69) is 0 Å². The van der Waals surface area contributed by atoms with E-state index >= 15 is 0 Å². The van der Waals surface area contributed by atoms with Gasteiger partial charge in [-0.1, -0.05) is 0 Å². The van der Waals surface area contributed by atoms with Crippen molar-refractivity contribution >= 4 is 21.9 Å². The molecule has 98 valence electrons. The summed E-state index contributed by atoms with van der Waals surface area (Å²) < 4.78 is 32.4. The van der Waals surface area contributed by atoms with Gasteiger partial charge < -0.3 is 13.9 Å². The highest BCUT2D eigenvalue weighted by Crippen LogP contribution is 2.29. The summed E-state index contributed by atoms with van der Waals surface area (Å²) in [5.74, 6) is -0.359. The third-order valence-electron chi connectivity index (χ3n) is 2.80. The van der Waals surface area contributed by atoms with Crippen LogP contribution in [-0.2, 0) is 6.42 Å². The van der Waals surface area contributed by atoms with E-state index in [1.54, 1.807) is 6.92 Å². The Morgan fingerprint density at radius 1 is 1.42 bits per heavy atom. The molecule has 0 saturated carbocycles. The van der Waals surface area contributed by atoms with E-state index in [1.807, 2.05) is 0 Å². The fourth-order valence-corrected chi connectivity index (χ4v) is 2.02. The summed E-state index contributed by atoms with van der Waals surface area (Å²) in [6.45, 7) is 1.56. The van der Waals surface area contributed by atoms with Crippen molar-refractivity contribution in [3.05, 3.63) is 46.2 Å². The molecule has 0 bridgehead atoms. The number of hydrogen-bond donors (Lipinski definition) is 1. The predicted molar refractivity (Wildman–Crippen MR) is 67.6 cm³/mol. The largest absolute Gasteiger partial charge is 0.461 e. The van der Waals surface area contributed by atoms with Crippen LogP contribution in [0.3, 0.4) is 0 Å². The van der Waals surface area contributed by atoms with Gasteiger partial charge in [-0.05, 0) is 19.0 Å². The molecule has 0 aliphatic heterocycles. The molecule has 2 heterocycles. The molecule has 0 radical (unpaired) electrons. The summed E-state index contributed by atoms with van der Waals surface area (Å²) in [7, 11) is 0. The van der Waals surface area contributed by atoms with Crippen LogP contribution in [0.25, 0.3) is 21.9 Å². The molecule has 2 aromatic heterocycles. The van der Waals surface area contributed by atoms with E-state index in [1.165, 1.54) is 6.07 Å². The average molecular weight is 263 g/mol. The normalized spacial score (nSPS) is 13.9. The molecule has 0 aliphatic carbocycles. The standard InChI is InChI=1S/C14H11FO4/c1-7(16)4-8-5-10-12(18-8)6-11(15)9-2-3-13(17)19-14(9)10/h2-3,5-7,16H,4H2,1H3/i5D. The Bertz CT molecular complexity index is 863. The van der Waals surface area contributed by atoms with Crippen molar-refractivity contribution in [2.24, 2.45) is 0 Å². The van der Waals surface area contributed by atoms with E-state index in [0.29, 0.717) is 0 Å². The molecular formula is C14H11FO4. The molecule has 1 unspecified atom stereocenters.